The Hall–Kier alpha value is -8.89. The first kappa shape index (κ1) is 54.4. The molecule has 13 aromatic rings. The molecular weight excluding hydrogens is 1210 g/mol. The van der Waals surface area contributed by atoms with Crippen molar-refractivity contribution in [3.05, 3.63) is 252 Å². The zero-order valence-electron chi connectivity index (χ0n) is 48.6. The van der Waals surface area contributed by atoms with Crippen LogP contribution in [0.4, 0.5) is 0 Å². The van der Waals surface area contributed by atoms with Gasteiger partial charge in [0.05, 0.1) is 28.0 Å². The molecule has 0 bridgehead atoms. The van der Waals surface area contributed by atoms with E-state index in [2.05, 4.69) is 266 Å². The molecule has 1 N–H and O–H groups in total. The number of para-hydroxylation sites is 3. The molecule has 0 saturated heterocycles. The van der Waals surface area contributed by atoms with Crippen molar-refractivity contribution in [1.29, 1.82) is 0 Å². The standard InChI is InChI=1S/C78H64N3O2.Pt/c1-47-21-17-22-48(2)75(47)81-66-32-20-31-62(74(66)80-76(81)65-38-37-52-36-35-51-27-18-33-67(82)70(51)73(52)79-65)57-45-64(72-63-28-15-16-34-68(63)83-69(72)46-57)71-60(55-39-53(49-23-11-9-12-24-49)41-58(43-55)77(3,4)5)29-19-30-61(71)56-40-54(50-25-13-10-14-26-50)42-59(44-56)78(6,7)8;/h9-34,37-44,46,82H,35-36H2,1-8H3;/q-1;. The Morgan fingerprint density at radius 1 is 0.488 bits per heavy atom. The Kier molecular flexibility index (Phi) is 13.6. The van der Waals surface area contributed by atoms with Crippen molar-refractivity contribution in [2.45, 2.75) is 79.1 Å². The number of benzene rings is 10. The predicted molar refractivity (Wildman–Crippen MR) is 344 cm³/mol. The Balaban J connectivity index is 0.00000658. The smallest absolute Gasteiger partial charge is 0.163 e. The molecule has 0 radical (unpaired) electrons. The van der Waals surface area contributed by atoms with E-state index in [0.717, 1.165) is 135 Å². The number of aromatic nitrogens is 3. The van der Waals surface area contributed by atoms with Gasteiger partial charge in [0.25, 0.3) is 0 Å². The number of nitrogens with zero attached hydrogens (tertiary/aromatic N) is 3. The van der Waals surface area contributed by atoms with Gasteiger partial charge >= 0.3 is 0 Å². The molecule has 0 spiro atoms. The summed E-state index contributed by atoms with van der Waals surface area (Å²) in [5.41, 5.74) is 26.2. The average molecular weight is 1270 g/mol. The topological polar surface area (TPSA) is 64.1 Å². The van der Waals surface area contributed by atoms with Gasteiger partial charge in [-0.05, 0) is 163 Å². The van der Waals surface area contributed by atoms with Crippen LogP contribution in [0.2, 0.25) is 0 Å². The first-order valence-electron chi connectivity index (χ1n) is 29.0. The minimum Gasteiger partial charge on any atom is -0.507 e. The number of fused-ring (bicyclic) bond motifs is 7. The third kappa shape index (κ3) is 9.49. The molecular formula is C78H64N3O2Pt-. The summed E-state index contributed by atoms with van der Waals surface area (Å²) in [6.45, 7) is 18.2. The molecule has 84 heavy (non-hydrogen) atoms. The molecule has 3 heterocycles. The van der Waals surface area contributed by atoms with E-state index in [1.165, 1.54) is 33.4 Å². The average Bonchev–Trinajstić information content (AvgIpc) is 1.78. The molecule has 1 aliphatic rings. The zero-order chi connectivity index (χ0) is 56.9. The molecule has 0 unspecified atom stereocenters. The normalized spacial score (nSPS) is 12.4. The molecule has 14 rings (SSSR count). The minimum atomic E-state index is -0.151. The van der Waals surface area contributed by atoms with Crippen molar-refractivity contribution in [3.63, 3.8) is 0 Å². The maximum absolute atomic E-state index is 11.4. The van der Waals surface area contributed by atoms with Gasteiger partial charge in [-0.15, -0.1) is 17.2 Å². The molecule has 414 valence electrons. The van der Waals surface area contributed by atoms with Crippen molar-refractivity contribution in [3.8, 4) is 101 Å². The Morgan fingerprint density at radius 2 is 1.05 bits per heavy atom. The molecule has 0 amide bonds. The Bertz CT molecular complexity index is 4590. The fourth-order valence-corrected chi connectivity index (χ4v) is 12.7. The molecule has 0 fully saturated rings. The zero-order valence-corrected chi connectivity index (χ0v) is 50.9. The maximum Gasteiger partial charge on any atom is 0.163 e. The van der Waals surface area contributed by atoms with E-state index in [1.807, 2.05) is 6.07 Å². The second kappa shape index (κ2) is 21.1. The summed E-state index contributed by atoms with van der Waals surface area (Å²) < 4.78 is 9.37. The number of pyridine rings is 1. The summed E-state index contributed by atoms with van der Waals surface area (Å²) in [7, 11) is 0. The number of imidazole rings is 1. The number of rotatable bonds is 8. The molecule has 6 heteroatoms. The minimum absolute atomic E-state index is 0. The predicted octanol–water partition coefficient (Wildman–Crippen LogP) is 20.5. The van der Waals surface area contributed by atoms with E-state index >= 15 is 0 Å². The second-order valence-corrected chi connectivity index (χ2v) is 24.7. The van der Waals surface area contributed by atoms with E-state index < -0.39 is 0 Å². The molecule has 5 nitrogen and oxygen atoms in total. The van der Waals surface area contributed by atoms with Crippen LogP contribution in [0, 0.1) is 19.9 Å². The van der Waals surface area contributed by atoms with Crippen LogP contribution in [-0.4, -0.2) is 19.6 Å². The van der Waals surface area contributed by atoms with Gasteiger partial charge in [0.1, 0.15) is 17.0 Å². The fraction of sp³-hybridized carbons (Fsp3) is 0.154. The maximum atomic E-state index is 11.4. The number of hydrogen-bond acceptors (Lipinski definition) is 4. The van der Waals surface area contributed by atoms with Crippen LogP contribution < -0.4 is 0 Å². The van der Waals surface area contributed by atoms with Crippen LogP contribution in [0.1, 0.15) is 74.9 Å². The summed E-state index contributed by atoms with van der Waals surface area (Å²) in [5.74, 6) is 0.960. The number of hydrogen-bond donors (Lipinski definition) is 1. The monoisotopic (exact) mass is 1270 g/mol. The van der Waals surface area contributed by atoms with Gasteiger partial charge in [-0.25, -0.2) is 9.97 Å². The largest absolute Gasteiger partial charge is 0.507 e. The third-order valence-corrected chi connectivity index (χ3v) is 17.0. The molecule has 1 aliphatic carbocycles. The quantitative estimate of drug-likeness (QED) is 0.154. The van der Waals surface area contributed by atoms with Crippen molar-refractivity contribution in [1.82, 2.24) is 14.5 Å². The van der Waals surface area contributed by atoms with Gasteiger partial charge in [0.2, 0.25) is 0 Å². The summed E-state index contributed by atoms with van der Waals surface area (Å²) >= 11 is 0. The summed E-state index contributed by atoms with van der Waals surface area (Å²) in [4.78, 5) is 11.2. The van der Waals surface area contributed by atoms with Crippen molar-refractivity contribution < 1.29 is 30.6 Å². The van der Waals surface area contributed by atoms with Crippen molar-refractivity contribution >= 4 is 33.0 Å². The Morgan fingerprint density at radius 3 is 1.69 bits per heavy atom. The van der Waals surface area contributed by atoms with Crippen LogP contribution >= 0.6 is 0 Å². The molecule has 0 saturated carbocycles. The van der Waals surface area contributed by atoms with Crippen LogP contribution in [-0.2, 0) is 44.7 Å². The van der Waals surface area contributed by atoms with E-state index in [4.69, 9.17) is 14.4 Å². The second-order valence-electron chi connectivity index (χ2n) is 24.7. The van der Waals surface area contributed by atoms with E-state index in [-0.39, 0.29) is 37.6 Å². The van der Waals surface area contributed by atoms with E-state index in [9.17, 15) is 5.11 Å². The molecule has 0 atom stereocenters. The molecule has 3 aromatic heterocycles. The number of aromatic hydroxyl groups is 1. The van der Waals surface area contributed by atoms with Gasteiger partial charge < -0.3 is 9.52 Å². The van der Waals surface area contributed by atoms with E-state index in [0.29, 0.717) is 5.82 Å². The van der Waals surface area contributed by atoms with Crippen LogP contribution in [0.5, 0.6) is 5.75 Å². The fourth-order valence-electron chi connectivity index (χ4n) is 12.7. The van der Waals surface area contributed by atoms with Gasteiger partial charge in [0.15, 0.2) is 5.82 Å². The van der Waals surface area contributed by atoms with Crippen LogP contribution in [0.25, 0.3) is 128 Å². The number of aryl methyl sites for hydroxylation is 4. The SMILES string of the molecule is Cc1cccc(C)c1-n1c(-c2ccc3c(n2)-c2c(O)cccc2CC3)nc2c(-c3[c-]c(-c4c(-c5cc(-c6ccccc6)cc(C(C)(C)C)c5)cccc4-c4cc(-c5ccccc5)cc(C(C)(C)C)c4)c4c(c3)oc3ccccc34)cccc21.[Pt]. The number of furan rings is 1. The van der Waals surface area contributed by atoms with E-state index in [1.54, 1.807) is 6.07 Å². The van der Waals surface area contributed by atoms with Crippen LogP contribution in [0.15, 0.2) is 217 Å². The van der Waals surface area contributed by atoms with Gasteiger partial charge in [-0.2, -0.15) is 0 Å². The van der Waals surface area contributed by atoms with Gasteiger partial charge in [0, 0.05) is 26.6 Å². The van der Waals surface area contributed by atoms with Gasteiger partial charge in [-0.1, -0.05) is 229 Å². The molecule has 10 aromatic carbocycles. The third-order valence-electron chi connectivity index (χ3n) is 17.0. The van der Waals surface area contributed by atoms with Gasteiger partial charge in [-0.3, -0.25) is 4.57 Å². The van der Waals surface area contributed by atoms with Crippen LogP contribution in [0.3, 0.4) is 0 Å². The summed E-state index contributed by atoms with van der Waals surface area (Å²) in [5, 5.41) is 13.4. The Labute approximate surface area is 506 Å². The first-order valence-corrected chi connectivity index (χ1v) is 29.0. The first-order chi connectivity index (χ1) is 40.1. The number of phenols is 1. The number of phenolic OH excluding ortho intramolecular Hbond substituents is 1. The molecule has 0 aliphatic heterocycles. The summed E-state index contributed by atoms with van der Waals surface area (Å²) in [6.07, 6.45) is 1.69. The van der Waals surface area contributed by atoms with Crippen molar-refractivity contribution in [2.75, 3.05) is 0 Å². The summed E-state index contributed by atoms with van der Waals surface area (Å²) in [6, 6.07) is 80.5. The van der Waals surface area contributed by atoms with Crippen molar-refractivity contribution in [2.24, 2.45) is 0 Å².